The molecule has 5 nitrogen and oxygen atoms in total. The van der Waals surface area contributed by atoms with Gasteiger partial charge in [-0.3, -0.25) is 4.79 Å². The number of rotatable bonds is 7. The number of benzene rings is 1. The zero-order valence-corrected chi connectivity index (χ0v) is 12.0. The number of hydrogen-bond acceptors (Lipinski definition) is 4. The highest BCUT2D eigenvalue weighted by Gasteiger charge is 2.24. The van der Waals surface area contributed by atoms with Gasteiger partial charge in [-0.25, -0.2) is 9.18 Å². The van der Waals surface area contributed by atoms with Gasteiger partial charge in [0.2, 0.25) is 0 Å². The zero-order valence-electron chi connectivity index (χ0n) is 11.2. The second-order valence-electron chi connectivity index (χ2n) is 3.96. The Morgan fingerprint density at radius 1 is 1.50 bits per heavy atom. The second-order valence-corrected chi connectivity index (χ2v) is 4.95. The molecular formula is C13H16FNO4S. The van der Waals surface area contributed by atoms with E-state index in [0.29, 0.717) is 5.75 Å². The van der Waals surface area contributed by atoms with E-state index in [1.54, 1.807) is 0 Å². The number of nitrogens with one attached hydrogen (secondary N) is 1. The van der Waals surface area contributed by atoms with Crippen LogP contribution < -0.4 is 10.1 Å². The summed E-state index contributed by atoms with van der Waals surface area (Å²) in [6, 6.07) is 2.91. The number of hydrogen-bond donors (Lipinski definition) is 2. The molecule has 0 saturated carbocycles. The first kappa shape index (κ1) is 16.3. The van der Waals surface area contributed by atoms with Crippen molar-refractivity contribution in [3.05, 3.63) is 29.6 Å². The van der Waals surface area contributed by atoms with E-state index in [4.69, 9.17) is 9.84 Å². The van der Waals surface area contributed by atoms with Gasteiger partial charge in [-0.05, 0) is 30.6 Å². The third kappa shape index (κ3) is 4.12. The molecule has 1 aromatic rings. The lowest BCUT2D eigenvalue weighted by molar-refractivity contribution is -0.139. The summed E-state index contributed by atoms with van der Waals surface area (Å²) in [5.74, 6) is -2.06. The maximum Gasteiger partial charge on any atom is 0.326 e. The van der Waals surface area contributed by atoms with Gasteiger partial charge in [0.05, 0.1) is 7.11 Å². The first-order valence-corrected chi connectivity index (χ1v) is 7.25. The maximum atomic E-state index is 13.7. The van der Waals surface area contributed by atoms with E-state index < -0.39 is 23.7 Å². The third-order valence-corrected chi connectivity index (χ3v) is 3.28. The molecule has 0 aliphatic carbocycles. The fourth-order valence-electron chi connectivity index (χ4n) is 1.62. The Bertz CT molecular complexity index is 495. The van der Waals surface area contributed by atoms with Gasteiger partial charge < -0.3 is 15.2 Å². The van der Waals surface area contributed by atoms with Crippen LogP contribution in [0.5, 0.6) is 5.75 Å². The van der Waals surface area contributed by atoms with Crippen LogP contribution in [0.3, 0.4) is 0 Å². The normalized spacial score (nSPS) is 11.8. The van der Waals surface area contributed by atoms with Crippen molar-refractivity contribution in [3.8, 4) is 5.75 Å². The Morgan fingerprint density at radius 3 is 2.75 bits per heavy atom. The van der Waals surface area contributed by atoms with Gasteiger partial charge in [-0.15, -0.1) is 0 Å². The smallest absolute Gasteiger partial charge is 0.326 e. The topological polar surface area (TPSA) is 75.6 Å². The van der Waals surface area contributed by atoms with Gasteiger partial charge in [0.15, 0.2) is 0 Å². The second kappa shape index (κ2) is 7.74. The summed E-state index contributed by atoms with van der Waals surface area (Å²) >= 11 is 1.47. The molecule has 1 rings (SSSR count). The van der Waals surface area contributed by atoms with Gasteiger partial charge >= 0.3 is 5.97 Å². The maximum absolute atomic E-state index is 13.7. The molecule has 0 aliphatic rings. The van der Waals surface area contributed by atoms with E-state index >= 15 is 0 Å². The predicted molar refractivity (Wildman–Crippen MR) is 74.8 cm³/mol. The molecule has 1 atom stereocenters. The SMILES string of the molecule is COc1cccc(F)c1C(=O)N[C@H](CCSC)C(=O)O. The third-order valence-electron chi connectivity index (χ3n) is 2.64. The summed E-state index contributed by atoms with van der Waals surface area (Å²) in [7, 11) is 1.31. The van der Waals surface area contributed by atoms with Crippen LogP contribution in [0.2, 0.25) is 0 Å². The van der Waals surface area contributed by atoms with Crippen molar-refractivity contribution in [2.75, 3.05) is 19.1 Å². The van der Waals surface area contributed by atoms with Crippen LogP contribution in [0.15, 0.2) is 18.2 Å². The molecule has 1 aromatic carbocycles. The highest BCUT2D eigenvalue weighted by molar-refractivity contribution is 7.98. The van der Waals surface area contributed by atoms with Crippen LogP contribution in [-0.4, -0.2) is 42.1 Å². The number of carboxylic acid groups (broad SMARTS) is 1. The van der Waals surface area contributed by atoms with Crippen molar-refractivity contribution in [2.24, 2.45) is 0 Å². The van der Waals surface area contributed by atoms with E-state index in [1.165, 1.54) is 31.0 Å². The molecule has 0 radical (unpaired) electrons. The van der Waals surface area contributed by atoms with Gasteiger partial charge in [0.25, 0.3) is 5.91 Å². The lowest BCUT2D eigenvalue weighted by Gasteiger charge is -2.15. The number of thioether (sulfide) groups is 1. The van der Waals surface area contributed by atoms with Crippen molar-refractivity contribution in [3.63, 3.8) is 0 Å². The molecule has 0 aliphatic heterocycles. The number of carboxylic acids is 1. The summed E-state index contributed by atoms with van der Waals surface area (Å²) in [6.45, 7) is 0. The average molecular weight is 301 g/mol. The Kier molecular flexibility index (Phi) is 6.30. The van der Waals surface area contributed by atoms with Crippen LogP contribution in [0.1, 0.15) is 16.8 Å². The molecule has 0 fully saturated rings. The van der Waals surface area contributed by atoms with E-state index in [2.05, 4.69) is 5.32 Å². The van der Waals surface area contributed by atoms with Crippen molar-refractivity contribution in [2.45, 2.75) is 12.5 Å². The van der Waals surface area contributed by atoms with Crippen LogP contribution in [0.25, 0.3) is 0 Å². The number of aliphatic carboxylic acids is 1. The number of amides is 1. The number of ether oxygens (including phenoxy) is 1. The average Bonchev–Trinajstić information content (AvgIpc) is 2.42. The van der Waals surface area contributed by atoms with Crippen molar-refractivity contribution < 1.29 is 23.8 Å². The lowest BCUT2D eigenvalue weighted by atomic mass is 10.1. The fourth-order valence-corrected chi connectivity index (χ4v) is 2.09. The molecule has 20 heavy (non-hydrogen) atoms. The number of carbonyl (C=O) groups is 2. The van der Waals surface area contributed by atoms with E-state index in [1.807, 2.05) is 6.26 Å². The van der Waals surface area contributed by atoms with E-state index in [9.17, 15) is 14.0 Å². The van der Waals surface area contributed by atoms with Crippen LogP contribution in [0.4, 0.5) is 4.39 Å². The summed E-state index contributed by atoms with van der Waals surface area (Å²) in [5.41, 5.74) is -0.287. The number of halogens is 1. The summed E-state index contributed by atoms with van der Waals surface area (Å²) in [6.07, 6.45) is 2.10. The van der Waals surface area contributed by atoms with Gasteiger partial charge in [0.1, 0.15) is 23.2 Å². The van der Waals surface area contributed by atoms with Gasteiger partial charge in [-0.2, -0.15) is 11.8 Å². The molecule has 0 spiro atoms. The van der Waals surface area contributed by atoms with Crippen LogP contribution in [-0.2, 0) is 4.79 Å². The van der Waals surface area contributed by atoms with Crippen molar-refractivity contribution in [1.82, 2.24) is 5.32 Å². The van der Waals surface area contributed by atoms with E-state index in [-0.39, 0.29) is 17.7 Å². The molecule has 1 amide bonds. The standard InChI is InChI=1S/C13H16FNO4S/c1-19-10-5-3-4-8(14)11(10)12(16)15-9(13(17)18)6-7-20-2/h3-5,9H,6-7H2,1-2H3,(H,15,16)(H,17,18)/t9-/m1/s1. The molecule has 0 unspecified atom stereocenters. The molecule has 0 saturated heterocycles. The zero-order chi connectivity index (χ0) is 15.1. The first-order valence-electron chi connectivity index (χ1n) is 5.86. The largest absolute Gasteiger partial charge is 0.496 e. The Balaban J connectivity index is 2.91. The van der Waals surface area contributed by atoms with Gasteiger partial charge in [0, 0.05) is 0 Å². The quantitative estimate of drug-likeness (QED) is 0.803. The lowest BCUT2D eigenvalue weighted by Crippen LogP contribution is -2.41. The Labute approximate surface area is 120 Å². The summed E-state index contributed by atoms with van der Waals surface area (Å²) in [4.78, 5) is 23.1. The minimum atomic E-state index is -1.15. The highest BCUT2D eigenvalue weighted by atomic mass is 32.2. The Hall–Kier alpha value is -1.76. The van der Waals surface area contributed by atoms with Crippen LogP contribution >= 0.6 is 11.8 Å². The minimum Gasteiger partial charge on any atom is -0.496 e. The molecule has 0 bridgehead atoms. The molecule has 0 aromatic heterocycles. The molecule has 0 heterocycles. The van der Waals surface area contributed by atoms with Crippen LogP contribution in [0, 0.1) is 5.82 Å². The minimum absolute atomic E-state index is 0.0662. The molecule has 110 valence electrons. The summed E-state index contributed by atoms with van der Waals surface area (Å²) < 4.78 is 18.6. The molecular weight excluding hydrogens is 285 g/mol. The van der Waals surface area contributed by atoms with E-state index in [0.717, 1.165) is 6.07 Å². The monoisotopic (exact) mass is 301 g/mol. The summed E-state index contributed by atoms with van der Waals surface area (Å²) in [5, 5.41) is 11.4. The predicted octanol–water partition coefficient (Wildman–Crippen LogP) is 1.77. The van der Waals surface area contributed by atoms with Crippen molar-refractivity contribution >= 4 is 23.6 Å². The van der Waals surface area contributed by atoms with Gasteiger partial charge in [-0.1, -0.05) is 6.07 Å². The number of carbonyl (C=O) groups excluding carboxylic acids is 1. The highest BCUT2D eigenvalue weighted by Crippen LogP contribution is 2.21. The number of methoxy groups -OCH3 is 1. The molecule has 7 heteroatoms. The fraction of sp³-hybridized carbons (Fsp3) is 0.385. The first-order chi connectivity index (χ1) is 9.51. The van der Waals surface area contributed by atoms with Crippen molar-refractivity contribution in [1.29, 1.82) is 0 Å². The Morgan fingerprint density at radius 2 is 2.20 bits per heavy atom. The molecule has 2 N–H and O–H groups in total.